The number of nitrogens with one attached hydrogen (secondary N) is 1. The van der Waals surface area contributed by atoms with Crippen LogP contribution in [0.15, 0.2) is 0 Å². The Morgan fingerprint density at radius 2 is 2.12 bits per heavy atom. The highest BCUT2D eigenvalue weighted by atomic mass is 16.5. The molecule has 94 valence electrons. The average Bonchev–Trinajstić information content (AvgIpc) is 2.31. The van der Waals surface area contributed by atoms with Crippen molar-refractivity contribution in [3.8, 4) is 0 Å². The molecule has 2 heterocycles. The van der Waals surface area contributed by atoms with Crippen LogP contribution in [0, 0.1) is 0 Å². The highest BCUT2D eigenvalue weighted by Gasteiger charge is 2.24. The molecular weight excluding hydrogens is 200 g/mol. The Balaban J connectivity index is 1.72. The van der Waals surface area contributed by atoms with E-state index in [0.29, 0.717) is 18.2 Å². The third-order valence-corrected chi connectivity index (χ3v) is 4.02. The SMILES string of the molecule is CC1CCC(N(C)CC2CCCCO2)CN1. The largest absolute Gasteiger partial charge is 0.377 e. The van der Waals surface area contributed by atoms with Gasteiger partial charge in [-0.3, -0.25) is 4.90 Å². The fourth-order valence-corrected chi connectivity index (χ4v) is 2.78. The van der Waals surface area contributed by atoms with Crippen LogP contribution in [0.2, 0.25) is 0 Å². The maximum atomic E-state index is 5.80. The number of likely N-dealkylation sites (N-methyl/N-ethyl adjacent to an activating group) is 1. The van der Waals surface area contributed by atoms with Gasteiger partial charge in [-0.15, -0.1) is 0 Å². The molecule has 0 aromatic heterocycles. The van der Waals surface area contributed by atoms with E-state index in [1.165, 1.54) is 32.1 Å². The van der Waals surface area contributed by atoms with Gasteiger partial charge in [-0.2, -0.15) is 0 Å². The van der Waals surface area contributed by atoms with Gasteiger partial charge in [0, 0.05) is 31.8 Å². The molecule has 2 saturated heterocycles. The second-order valence-electron chi connectivity index (χ2n) is 5.47. The predicted molar refractivity (Wildman–Crippen MR) is 66.7 cm³/mol. The molecule has 2 aliphatic rings. The van der Waals surface area contributed by atoms with Gasteiger partial charge < -0.3 is 10.1 Å². The van der Waals surface area contributed by atoms with Crippen molar-refractivity contribution >= 4 is 0 Å². The van der Waals surface area contributed by atoms with Crippen molar-refractivity contribution in [3.05, 3.63) is 0 Å². The summed E-state index contributed by atoms with van der Waals surface area (Å²) >= 11 is 0. The van der Waals surface area contributed by atoms with Gasteiger partial charge in [0.15, 0.2) is 0 Å². The van der Waals surface area contributed by atoms with Gasteiger partial charge >= 0.3 is 0 Å². The third-order valence-electron chi connectivity index (χ3n) is 4.02. The first-order valence-corrected chi connectivity index (χ1v) is 6.81. The van der Waals surface area contributed by atoms with E-state index in [2.05, 4.69) is 24.2 Å². The molecule has 3 unspecified atom stereocenters. The van der Waals surface area contributed by atoms with E-state index in [-0.39, 0.29) is 0 Å². The number of hydrogen-bond donors (Lipinski definition) is 1. The zero-order valence-electron chi connectivity index (χ0n) is 10.7. The molecule has 0 saturated carbocycles. The first-order chi connectivity index (χ1) is 7.75. The van der Waals surface area contributed by atoms with E-state index in [9.17, 15) is 0 Å². The monoisotopic (exact) mass is 226 g/mol. The first-order valence-electron chi connectivity index (χ1n) is 6.81. The number of rotatable bonds is 3. The molecule has 0 radical (unpaired) electrons. The number of ether oxygens (including phenoxy) is 1. The third kappa shape index (κ3) is 3.44. The maximum Gasteiger partial charge on any atom is 0.0702 e. The molecule has 1 N–H and O–H groups in total. The van der Waals surface area contributed by atoms with E-state index in [0.717, 1.165) is 19.7 Å². The highest BCUT2D eigenvalue weighted by Crippen LogP contribution is 2.17. The van der Waals surface area contributed by atoms with Crippen molar-refractivity contribution in [1.29, 1.82) is 0 Å². The molecule has 2 rings (SSSR count). The molecule has 3 heteroatoms. The minimum atomic E-state index is 0.484. The lowest BCUT2D eigenvalue weighted by molar-refractivity contribution is -0.0104. The van der Waals surface area contributed by atoms with Gasteiger partial charge in [-0.25, -0.2) is 0 Å². The van der Waals surface area contributed by atoms with Crippen LogP contribution in [-0.4, -0.2) is 49.8 Å². The van der Waals surface area contributed by atoms with Crippen LogP contribution in [-0.2, 0) is 4.74 Å². The summed E-state index contributed by atoms with van der Waals surface area (Å²) < 4.78 is 5.80. The molecule has 0 aromatic carbocycles. The lowest BCUT2D eigenvalue weighted by atomic mass is 10.00. The lowest BCUT2D eigenvalue weighted by Gasteiger charge is -2.36. The summed E-state index contributed by atoms with van der Waals surface area (Å²) in [4.78, 5) is 2.49. The van der Waals surface area contributed by atoms with Gasteiger partial charge in [-0.1, -0.05) is 0 Å². The zero-order valence-corrected chi connectivity index (χ0v) is 10.7. The van der Waals surface area contributed by atoms with Gasteiger partial charge in [0.1, 0.15) is 0 Å². The smallest absolute Gasteiger partial charge is 0.0702 e. The van der Waals surface area contributed by atoms with Crippen molar-refractivity contribution in [2.75, 3.05) is 26.7 Å². The topological polar surface area (TPSA) is 24.5 Å². The summed E-state index contributed by atoms with van der Waals surface area (Å²) in [6.45, 7) is 5.50. The Morgan fingerprint density at radius 1 is 1.25 bits per heavy atom. The van der Waals surface area contributed by atoms with Crippen LogP contribution in [0.1, 0.15) is 39.0 Å². The number of hydrogen-bond acceptors (Lipinski definition) is 3. The van der Waals surface area contributed by atoms with E-state index in [1.54, 1.807) is 0 Å². The van der Waals surface area contributed by atoms with Crippen LogP contribution < -0.4 is 5.32 Å². The summed E-state index contributed by atoms with van der Waals surface area (Å²) in [7, 11) is 2.25. The highest BCUT2D eigenvalue weighted by molar-refractivity contribution is 4.82. The summed E-state index contributed by atoms with van der Waals surface area (Å²) in [5, 5.41) is 3.57. The fraction of sp³-hybridized carbons (Fsp3) is 1.00. The van der Waals surface area contributed by atoms with Crippen molar-refractivity contribution in [2.45, 2.75) is 57.2 Å². The predicted octanol–water partition coefficient (Wildman–Crippen LogP) is 1.63. The quantitative estimate of drug-likeness (QED) is 0.791. The summed E-state index contributed by atoms with van der Waals surface area (Å²) in [6, 6.07) is 1.41. The van der Waals surface area contributed by atoms with Crippen molar-refractivity contribution < 1.29 is 4.74 Å². The van der Waals surface area contributed by atoms with Gasteiger partial charge in [0.2, 0.25) is 0 Å². The molecule has 3 atom stereocenters. The average molecular weight is 226 g/mol. The molecular formula is C13H26N2O. The molecule has 0 aromatic rings. The molecule has 0 bridgehead atoms. The first kappa shape index (κ1) is 12.3. The summed E-state index contributed by atoms with van der Waals surface area (Å²) in [5.74, 6) is 0. The molecule has 3 nitrogen and oxygen atoms in total. The van der Waals surface area contributed by atoms with Gasteiger partial charge in [-0.05, 0) is 46.1 Å². The van der Waals surface area contributed by atoms with Crippen LogP contribution >= 0.6 is 0 Å². The normalized spacial score (nSPS) is 36.6. The van der Waals surface area contributed by atoms with E-state index in [4.69, 9.17) is 4.74 Å². The lowest BCUT2D eigenvalue weighted by Crippen LogP contribution is -2.49. The minimum Gasteiger partial charge on any atom is -0.377 e. The van der Waals surface area contributed by atoms with Gasteiger partial charge in [0.05, 0.1) is 6.10 Å². The Kier molecular flexibility index (Phi) is 4.62. The second kappa shape index (κ2) is 5.99. The molecule has 0 amide bonds. The van der Waals surface area contributed by atoms with Crippen LogP contribution in [0.25, 0.3) is 0 Å². The van der Waals surface area contributed by atoms with Crippen molar-refractivity contribution in [3.63, 3.8) is 0 Å². The molecule has 2 fully saturated rings. The molecule has 0 aliphatic carbocycles. The fourth-order valence-electron chi connectivity index (χ4n) is 2.78. The van der Waals surface area contributed by atoms with Crippen LogP contribution in [0.4, 0.5) is 0 Å². The molecule has 16 heavy (non-hydrogen) atoms. The van der Waals surface area contributed by atoms with Crippen molar-refractivity contribution in [1.82, 2.24) is 10.2 Å². The van der Waals surface area contributed by atoms with Crippen molar-refractivity contribution in [2.24, 2.45) is 0 Å². The second-order valence-corrected chi connectivity index (χ2v) is 5.47. The van der Waals surface area contributed by atoms with Gasteiger partial charge in [0.25, 0.3) is 0 Å². The number of nitrogens with zero attached hydrogens (tertiary/aromatic N) is 1. The summed E-state index contributed by atoms with van der Waals surface area (Å²) in [6.07, 6.45) is 6.97. The minimum absolute atomic E-state index is 0.484. The Bertz CT molecular complexity index is 196. The Morgan fingerprint density at radius 3 is 2.75 bits per heavy atom. The summed E-state index contributed by atoms with van der Waals surface area (Å²) in [5.41, 5.74) is 0. The zero-order chi connectivity index (χ0) is 11.4. The Hall–Kier alpha value is -0.120. The van der Waals surface area contributed by atoms with E-state index in [1.807, 2.05) is 0 Å². The molecule has 2 aliphatic heterocycles. The maximum absolute atomic E-state index is 5.80. The number of piperidine rings is 1. The van der Waals surface area contributed by atoms with Crippen LogP contribution in [0.5, 0.6) is 0 Å². The van der Waals surface area contributed by atoms with E-state index >= 15 is 0 Å². The standard InChI is InChI=1S/C13H26N2O/c1-11-6-7-12(9-14-11)15(2)10-13-5-3-4-8-16-13/h11-14H,3-10H2,1-2H3. The van der Waals surface area contributed by atoms with E-state index < -0.39 is 0 Å². The van der Waals surface area contributed by atoms with Crippen LogP contribution in [0.3, 0.4) is 0 Å². The Labute approximate surface area is 99.5 Å². The molecule has 0 spiro atoms.